The first kappa shape index (κ1) is 14.0. The summed E-state index contributed by atoms with van der Waals surface area (Å²) in [7, 11) is 0. The molecule has 0 fully saturated rings. The number of aromatic nitrogens is 1. The number of halogens is 1. The van der Waals surface area contributed by atoms with Gasteiger partial charge in [-0.25, -0.2) is 9.78 Å². The van der Waals surface area contributed by atoms with Crippen LogP contribution in [0.3, 0.4) is 0 Å². The molecular weight excluding hydrogens is 280 g/mol. The van der Waals surface area contributed by atoms with Crippen molar-refractivity contribution in [2.24, 2.45) is 0 Å². The molecule has 6 heteroatoms. The van der Waals surface area contributed by atoms with Crippen LogP contribution >= 0.6 is 11.6 Å². The molecule has 0 aliphatic rings. The number of hydrogen-bond acceptors (Lipinski definition) is 3. The summed E-state index contributed by atoms with van der Waals surface area (Å²) in [5.74, 6) is -1.42. The lowest BCUT2D eigenvalue weighted by atomic mass is 10.1. The predicted molar refractivity (Wildman–Crippen MR) is 75.3 cm³/mol. The van der Waals surface area contributed by atoms with E-state index in [1.807, 2.05) is 0 Å². The number of nitrogens with one attached hydrogen (secondary N) is 1. The highest BCUT2D eigenvalue weighted by atomic mass is 35.5. The molecule has 0 spiro atoms. The van der Waals surface area contributed by atoms with Crippen molar-refractivity contribution in [3.8, 4) is 0 Å². The minimum atomic E-state index is -1.05. The third kappa shape index (κ3) is 3.13. The van der Waals surface area contributed by atoms with E-state index in [0.717, 1.165) is 5.56 Å². The number of amides is 1. The van der Waals surface area contributed by atoms with Crippen molar-refractivity contribution in [2.45, 2.75) is 6.92 Å². The molecule has 2 rings (SSSR count). The van der Waals surface area contributed by atoms with Gasteiger partial charge in [0.1, 0.15) is 5.15 Å². The number of carboxylic acids is 1. The Hall–Kier alpha value is -2.40. The molecule has 0 unspecified atom stereocenters. The largest absolute Gasteiger partial charge is 0.478 e. The molecule has 1 aromatic carbocycles. The first-order valence-electron chi connectivity index (χ1n) is 5.74. The van der Waals surface area contributed by atoms with E-state index in [-0.39, 0.29) is 11.5 Å². The minimum Gasteiger partial charge on any atom is -0.478 e. The first-order valence-corrected chi connectivity index (χ1v) is 6.12. The van der Waals surface area contributed by atoms with Gasteiger partial charge in [-0.2, -0.15) is 0 Å². The normalized spacial score (nSPS) is 10.1. The fourth-order valence-electron chi connectivity index (χ4n) is 1.59. The topological polar surface area (TPSA) is 79.3 Å². The first-order chi connectivity index (χ1) is 9.47. The Morgan fingerprint density at radius 3 is 2.50 bits per heavy atom. The van der Waals surface area contributed by atoms with Gasteiger partial charge in [0.2, 0.25) is 0 Å². The van der Waals surface area contributed by atoms with Crippen molar-refractivity contribution < 1.29 is 14.7 Å². The highest BCUT2D eigenvalue weighted by molar-refractivity contribution is 6.29. The van der Waals surface area contributed by atoms with Gasteiger partial charge in [-0.05, 0) is 36.8 Å². The molecule has 1 amide bonds. The maximum Gasteiger partial charge on any atom is 0.335 e. The Labute approximate surface area is 120 Å². The number of nitrogens with zero attached hydrogens (tertiary/aromatic N) is 1. The van der Waals surface area contributed by atoms with Crippen molar-refractivity contribution in [3.63, 3.8) is 0 Å². The minimum absolute atomic E-state index is 0.111. The number of anilines is 1. The van der Waals surface area contributed by atoms with E-state index in [2.05, 4.69) is 10.3 Å². The van der Waals surface area contributed by atoms with Crippen LogP contribution in [0.2, 0.25) is 5.15 Å². The zero-order chi connectivity index (χ0) is 14.7. The van der Waals surface area contributed by atoms with E-state index in [4.69, 9.17) is 16.7 Å². The van der Waals surface area contributed by atoms with E-state index >= 15 is 0 Å². The molecular formula is C14H11ClN2O3. The van der Waals surface area contributed by atoms with Crippen molar-refractivity contribution in [1.29, 1.82) is 0 Å². The maximum absolute atomic E-state index is 12.0. The zero-order valence-electron chi connectivity index (χ0n) is 10.6. The Morgan fingerprint density at radius 2 is 1.90 bits per heavy atom. The Balaban J connectivity index is 2.25. The molecule has 5 nitrogen and oxygen atoms in total. The number of benzene rings is 1. The van der Waals surface area contributed by atoms with Crippen LogP contribution in [0.15, 0.2) is 36.5 Å². The Morgan fingerprint density at radius 1 is 1.20 bits per heavy atom. The van der Waals surface area contributed by atoms with Gasteiger partial charge in [-0.3, -0.25) is 4.79 Å². The monoisotopic (exact) mass is 290 g/mol. The van der Waals surface area contributed by atoms with E-state index in [1.54, 1.807) is 19.1 Å². The lowest BCUT2D eigenvalue weighted by Crippen LogP contribution is -2.13. The molecule has 0 radical (unpaired) electrons. The van der Waals surface area contributed by atoms with Crippen LogP contribution in [-0.2, 0) is 0 Å². The average Bonchev–Trinajstić information content (AvgIpc) is 2.41. The summed E-state index contributed by atoms with van der Waals surface area (Å²) in [5.41, 5.74) is 1.67. The molecule has 2 N–H and O–H groups in total. The molecule has 0 aliphatic heterocycles. The molecule has 0 aliphatic carbocycles. The predicted octanol–water partition coefficient (Wildman–Crippen LogP) is 2.99. The number of hydrogen-bond donors (Lipinski definition) is 2. The number of aromatic carboxylic acids is 1. The number of carboxylic acid groups (broad SMARTS) is 1. The third-order valence-corrected chi connectivity index (χ3v) is 2.95. The van der Waals surface area contributed by atoms with Crippen LogP contribution in [0.5, 0.6) is 0 Å². The van der Waals surface area contributed by atoms with E-state index in [0.29, 0.717) is 16.4 Å². The van der Waals surface area contributed by atoms with E-state index < -0.39 is 5.97 Å². The van der Waals surface area contributed by atoms with E-state index in [1.165, 1.54) is 24.4 Å². The van der Waals surface area contributed by atoms with Crippen molar-refractivity contribution in [2.75, 3.05) is 5.32 Å². The molecule has 0 atom stereocenters. The van der Waals surface area contributed by atoms with Gasteiger partial charge in [0, 0.05) is 11.9 Å². The van der Waals surface area contributed by atoms with Gasteiger partial charge in [-0.1, -0.05) is 17.7 Å². The molecule has 1 heterocycles. The SMILES string of the molecule is Cc1ccc(C(=O)O)cc1NC(=O)c1ccc(Cl)nc1. The quantitative estimate of drug-likeness (QED) is 0.852. The molecule has 2 aromatic rings. The Bertz CT molecular complexity index is 669. The number of carbonyl (C=O) groups is 2. The number of aryl methyl sites for hydroxylation is 1. The number of pyridine rings is 1. The van der Waals surface area contributed by atoms with Crippen LogP contribution in [0.1, 0.15) is 26.3 Å². The maximum atomic E-state index is 12.0. The van der Waals surface area contributed by atoms with Gasteiger partial charge >= 0.3 is 5.97 Å². The fraction of sp³-hybridized carbons (Fsp3) is 0.0714. The van der Waals surface area contributed by atoms with Crippen LogP contribution in [0.4, 0.5) is 5.69 Å². The second-order valence-corrected chi connectivity index (χ2v) is 4.55. The molecule has 1 aromatic heterocycles. The molecule has 20 heavy (non-hydrogen) atoms. The average molecular weight is 291 g/mol. The standard InChI is InChI=1S/C14H11ClN2O3/c1-8-2-3-9(14(19)20)6-11(8)17-13(18)10-4-5-12(15)16-7-10/h2-7H,1H3,(H,17,18)(H,19,20). The van der Waals surface area contributed by atoms with Crippen LogP contribution in [-0.4, -0.2) is 22.0 Å². The lowest BCUT2D eigenvalue weighted by molar-refractivity contribution is 0.0696. The van der Waals surface area contributed by atoms with Gasteiger partial charge in [0.25, 0.3) is 5.91 Å². The summed E-state index contributed by atoms with van der Waals surface area (Å²) in [6.07, 6.45) is 1.36. The second-order valence-electron chi connectivity index (χ2n) is 4.16. The van der Waals surface area contributed by atoms with Gasteiger partial charge in [-0.15, -0.1) is 0 Å². The lowest BCUT2D eigenvalue weighted by Gasteiger charge is -2.09. The van der Waals surface area contributed by atoms with Crippen LogP contribution < -0.4 is 5.32 Å². The summed E-state index contributed by atoms with van der Waals surface area (Å²) in [4.78, 5) is 26.8. The van der Waals surface area contributed by atoms with E-state index in [9.17, 15) is 9.59 Å². The summed E-state index contributed by atoms with van der Waals surface area (Å²) in [6, 6.07) is 7.59. The summed E-state index contributed by atoms with van der Waals surface area (Å²) in [6.45, 7) is 1.78. The third-order valence-electron chi connectivity index (χ3n) is 2.72. The summed E-state index contributed by atoms with van der Waals surface area (Å²) < 4.78 is 0. The highest BCUT2D eigenvalue weighted by Gasteiger charge is 2.11. The highest BCUT2D eigenvalue weighted by Crippen LogP contribution is 2.18. The molecule has 0 saturated heterocycles. The molecule has 0 bridgehead atoms. The van der Waals surface area contributed by atoms with Crippen LogP contribution in [0, 0.1) is 6.92 Å². The Kier molecular flexibility index (Phi) is 4.00. The molecule has 102 valence electrons. The molecule has 0 saturated carbocycles. The summed E-state index contributed by atoms with van der Waals surface area (Å²) in [5, 5.41) is 11.9. The zero-order valence-corrected chi connectivity index (χ0v) is 11.3. The number of carbonyl (C=O) groups excluding carboxylic acids is 1. The fourth-order valence-corrected chi connectivity index (χ4v) is 1.71. The van der Waals surface area contributed by atoms with Crippen molar-refractivity contribution in [3.05, 3.63) is 58.4 Å². The smallest absolute Gasteiger partial charge is 0.335 e. The van der Waals surface area contributed by atoms with Crippen molar-refractivity contribution >= 4 is 29.2 Å². The number of rotatable bonds is 3. The van der Waals surface area contributed by atoms with Gasteiger partial charge in [0.15, 0.2) is 0 Å². The van der Waals surface area contributed by atoms with Crippen molar-refractivity contribution in [1.82, 2.24) is 4.98 Å². The summed E-state index contributed by atoms with van der Waals surface area (Å²) >= 11 is 5.65. The van der Waals surface area contributed by atoms with Crippen LogP contribution in [0.25, 0.3) is 0 Å². The van der Waals surface area contributed by atoms with Gasteiger partial charge < -0.3 is 10.4 Å². The second kappa shape index (κ2) is 5.71. The van der Waals surface area contributed by atoms with Gasteiger partial charge in [0.05, 0.1) is 11.1 Å².